The van der Waals surface area contributed by atoms with Crippen LogP contribution in [-0.4, -0.2) is 52.8 Å². The van der Waals surface area contributed by atoms with Gasteiger partial charge in [0.05, 0.1) is 6.54 Å². The molecule has 3 aromatic rings. The van der Waals surface area contributed by atoms with E-state index >= 15 is 0 Å². The molecule has 2 amide bonds. The highest BCUT2D eigenvalue weighted by molar-refractivity contribution is 5.88. The van der Waals surface area contributed by atoms with E-state index in [2.05, 4.69) is 27.4 Å². The first kappa shape index (κ1) is 19.6. The van der Waals surface area contributed by atoms with Crippen LogP contribution in [-0.2, 0) is 13.1 Å². The number of rotatable bonds is 8. The smallest absolute Gasteiger partial charge is 0.319 e. The number of hydrogen-bond acceptors (Lipinski definition) is 3. The second kappa shape index (κ2) is 9.71. The molecule has 0 aliphatic heterocycles. The molecule has 1 heterocycles. The topological polar surface area (TPSA) is 53.4 Å². The Morgan fingerprint density at radius 2 is 1.57 bits per heavy atom. The molecule has 0 atom stereocenters. The van der Waals surface area contributed by atoms with Gasteiger partial charge in [0.25, 0.3) is 0 Å². The fraction of sp³-hybridized carbons (Fsp3) is 0.273. The predicted molar refractivity (Wildman–Crippen MR) is 112 cm³/mol. The summed E-state index contributed by atoms with van der Waals surface area (Å²) >= 11 is 0. The Morgan fingerprint density at radius 3 is 2.21 bits per heavy atom. The minimum absolute atomic E-state index is 0.143. The maximum atomic E-state index is 12.8. The zero-order chi connectivity index (χ0) is 19.8. The minimum atomic E-state index is -0.143. The average Bonchev–Trinajstić information content (AvgIpc) is 3.13. The standard InChI is InChI=1S/C22H27N5O/c1-25(2)15-16-26(17-19-9-5-3-6-10-19)22(28)23-21-13-14-27(24-21)18-20-11-7-4-8-12-20/h3-14H,15-18H2,1-2H3,(H,23,24,28). The van der Waals surface area contributed by atoms with Gasteiger partial charge in [-0.1, -0.05) is 60.7 Å². The molecule has 0 bridgehead atoms. The summed E-state index contributed by atoms with van der Waals surface area (Å²) in [6.45, 7) is 2.66. The van der Waals surface area contributed by atoms with Crippen molar-refractivity contribution >= 4 is 11.8 Å². The molecule has 0 radical (unpaired) electrons. The van der Waals surface area contributed by atoms with E-state index in [0.29, 0.717) is 25.5 Å². The van der Waals surface area contributed by atoms with Crippen molar-refractivity contribution in [1.82, 2.24) is 19.6 Å². The number of urea groups is 1. The SMILES string of the molecule is CN(C)CCN(Cc1ccccc1)C(=O)Nc1ccn(Cc2ccccc2)n1. The third kappa shape index (κ3) is 5.96. The van der Waals surface area contributed by atoms with Crippen molar-refractivity contribution in [1.29, 1.82) is 0 Å². The number of anilines is 1. The van der Waals surface area contributed by atoms with Gasteiger partial charge >= 0.3 is 6.03 Å². The van der Waals surface area contributed by atoms with Crippen molar-refractivity contribution in [3.8, 4) is 0 Å². The number of nitrogens with zero attached hydrogens (tertiary/aromatic N) is 4. The Morgan fingerprint density at radius 1 is 0.929 bits per heavy atom. The van der Waals surface area contributed by atoms with E-state index in [1.165, 1.54) is 5.56 Å². The fourth-order valence-electron chi connectivity index (χ4n) is 2.85. The van der Waals surface area contributed by atoms with Crippen molar-refractivity contribution in [2.45, 2.75) is 13.1 Å². The second-order valence-electron chi connectivity index (χ2n) is 7.02. The number of carbonyl (C=O) groups excluding carboxylic acids is 1. The van der Waals surface area contributed by atoms with Crippen molar-refractivity contribution in [3.05, 3.63) is 84.1 Å². The summed E-state index contributed by atoms with van der Waals surface area (Å²) in [5.41, 5.74) is 2.27. The van der Waals surface area contributed by atoms with Gasteiger partial charge in [-0.25, -0.2) is 4.79 Å². The highest BCUT2D eigenvalue weighted by atomic mass is 16.2. The third-order valence-electron chi connectivity index (χ3n) is 4.38. The zero-order valence-electron chi connectivity index (χ0n) is 16.5. The molecule has 0 unspecified atom stereocenters. The molecule has 6 heteroatoms. The van der Waals surface area contributed by atoms with E-state index in [1.54, 1.807) is 0 Å². The lowest BCUT2D eigenvalue weighted by Crippen LogP contribution is -2.39. The van der Waals surface area contributed by atoms with E-state index in [0.717, 1.165) is 12.1 Å². The summed E-state index contributed by atoms with van der Waals surface area (Å²) in [5, 5.41) is 7.41. The van der Waals surface area contributed by atoms with Crippen molar-refractivity contribution in [3.63, 3.8) is 0 Å². The van der Waals surface area contributed by atoms with Crippen molar-refractivity contribution in [2.75, 3.05) is 32.5 Å². The van der Waals surface area contributed by atoms with Crippen LogP contribution < -0.4 is 5.32 Å². The van der Waals surface area contributed by atoms with E-state index in [-0.39, 0.29) is 6.03 Å². The molecule has 0 saturated heterocycles. The number of benzene rings is 2. The molecule has 3 rings (SSSR count). The Bertz CT molecular complexity index is 861. The monoisotopic (exact) mass is 377 g/mol. The van der Waals surface area contributed by atoms with Gasteiger partial charge in [0.15, 0.2) is 5.82 Å². The van der Waals surface area contributed by atoms with Crippen LogP contribution >= 0.6 is 0 Å². The average molecular weight is 377 g/mol. The number of aromatic nitrogens is 2. The number of hydrogen-bond donors (Lipinski definition) is 1. The maximum Gasteiger partial charge on any atom is 0.323 e. The highest BCUT2D eigenvalue weighted by Crippen LogP contribution is 2.10. The summed E-state index contributed by atoms with van der Waals surface area (Å²) < 4.78 is 1.83. The van der Waals surface area contributed by atoms with Crippen LogP contribution in [0.15, 0.2) is 72.9 Å². The molecule has 146 valence electrons. The predicted octanol–water partition coefficient (Wildman–Crippen LogP) is 3.53. The first-order chi connectivity index (χ1) is 13.6. The summed E-state index contributed by atoms with van der Waals surface area (Å²) in [7, 11) is 4.01. The van der Waals surface area contributed by atoms with Gasteiger partial charge < -0.3 is 9.80 Å². The van der Waals surface area contributed by atoms with Crippen LogP contribution in [0.5, 0.6) is 0 Å². The number of carbonyl (C=O) groups is 1. The van der Waals surface area contributed by atoms with Gasteiger partial charge in [0.2, 0.25) is 0 Å². The Labute approximate surface area is 166 Å². The van der Waals surface area contributed by atoms with Gasteiger partial charge in [0.1, 0.15) is 0 Å². The molecule has 28 heavy (non-hydrogen) atoms. The lowest BCUT2D eigenvalue weighted by Gasteiger charge is -2.24. The van der Waals surface area contributed by atoms with Crippen LogP contribution in [0.3, 0.4) is 0 Å². The van der Waals surface area contributed by atoms with Gasteiger partial charge in [0, 0.05) is 31.9 Å². The Balaban J connectivity index is 1.63. The molecule has 1 N–H and O–H groups in total. The van der Waals surface area contributed by atoms with Gasteiger partial charge in [-0.3, -0.25) is 10.00 Å². The molecule has 0 spiro atoms. The largest absolute Gasteiger partial charge is 0.323 e. The molecule has 6 nitrogen and oxygen atoms in total. The number of likely N-dealkylation sites (N-methyl/N-ethyl adjacent to an activating group) is 1. The first-order valence-electron chi connectivity index (χ1n) is 9.42. The molecule has 0 aliphatic carbocycles. The van der Waals surface area contributed by atoms with Crippen molar-refractivity contribution in [2.24, 2.45) is 0 Å². The Hall–Kier alpha value is -3.12. The third-order valence-corrected chi connectivity index (χ3v) is 4.38. The highest BCUT2D eigenvalue weighted by Gasteiger charge is 2.15. The Kier molecular flexibility index (Phi) is 6.81. The van der Waals surface area contributed by atoms with E-state index in [1.807, 2.05) is 84.5 Å². The zero-order valence-corrected chi connectivity index (χ0v) is 16.5. The molecular weight excluding hydrogens is 350 g/mol. The lowest BCUT2D eigenvalue weighted by molar-refractivity contribution is 0.202. The molecule has 1 aromatic heterocycles. The van der Waals surface area contributed by atoms with Crippen LogP contribution in [0.25, 0.3) is 0 Å². The molecule has 2 aromatic carbocycles. The van der Waals surface area contributed by atoms with Crippen LogP contribution in [0.1, 0.15) is 11.1 Å². The molecule has 0 fully saturated rings. The summed E-state index contributed by atoms with van der Waals surface area (Å²) in [6.07, 6.45) is 1.88. The second-order valence-corrected chi connectivity index (χ2v) is 7.02. The van der Waals surface area contributed by atoms with Crippen molar-refractivity contribution < 1.29 is 4.79 Å². The summed E-state index contributed by atoms with van der Waals surface area (Å²) in [4.78, 5) is 16.7. The molecule has 0 aliphatic rings. The number of amides is 2. The van der Waals surface area contributed by atoms with Gasteiger partial charge in [-0.05, 0) is 25.2 Å². The maximum absolute atomic E-state index is 12.8. The van der Waals surface area contributed by atoms with Crippen LogP contribution in [0.2, 0.25) is 0 Å². The molecular formula is C22H27N5O. The quantitative estimate of drug-likeness (QED) is 0.653. The van der Waals surface area contributed by atoms with Gasteiger partial charge in [-0.15, -0.1) is 0 Å². The lowest BCUT2D eigenvalue weighted by atomic mass is 10.2. The summed E-state index contributed by atoms with van der Waals surface area (Å²) in [5.74, 6) is 0.559. The summed E-state index contributed by atoms with van der Waals surface area (Å²) in [6, 6.07) is 21.8. The molecule has 0 saturated carbocycles. The van der Waals surface area contributed by atoms with E-state index < -0.39 is 0 Å². The fourth-order valence-corrected chi connectivity index (χ4v) is 2.85. The number of nitrogens with one attached hydrogen (secondary N) is 1. The van der Waals surface area contributed by atoms with E-state index in [9.17, 15) is 4.79 Å². The first-order valence-corrected chi connectivity index (χ1v) is 9.42. The van der Waals surface area contributed by atoms with Crippen LogP contribution in [0, 0.1) is 0 Å². The van der Waals surface area contributed by atoms with E-state index in [4.69, 9.17) is 0 Å². The normalized spacial score (nSPS) is 10.8. The van der Waals surface area contributed by atoms with Crippen LogP contribution in [0.4, 0.5) is 10.6 Å². The van der Waals surface area contributed by atoms with Gasteiger partial charge in [-0.2, -0.15) is 5.10 Å². The minimum Gasteiger partial charge on any atom is -0.319 e.